The number of nitrogens with one attached hydrogen (secondary N) is 2. The highest BCUT2D eigenvalue weighted by molar-refractivity contribution is 7.11. The summed E-state index contributed by atoms with van der Waals surface area (Å²) in [5.41, 5.74) is 1.17. The predicted molar refractivity (Wildman–Crippen MR) is 86.9 cm³/mol. The van der Waals surface area contributed by atoms with E-state index in [1.54, 1.807) is 25.5 Å². The van der Waals surface area contributed by atoms with Crippen LogP contribution < -0.4 is 15.4 Å². The number of nitrogens with zero attached hydrogens (tertiary/aromatic N) is 2. The Morgan fingerprint density at radius 2 is 1.95 bits per heavy atom. The molecule has 0 unspecified atom stereocenters. The third-order valence-corrected chi connectivity index (χ3v) is 3.83. The van der Waals surface area contributed by atoms with Crippen LogP contribution in [-0.2, 0) is 13.1 Å². The molecule has 1 aromatic heterocycles. The highest BCUT2D eigenvalue weighted by atomic mass is 32.1. The molecule has 0 atom stereocenters. The minimum absolute atomic E-state index is 0.681. The van der Waals surface area contributed by atoms with Crippen LogP contribution in [0.2, 0.25) is 0 Å². The van der Waals surface area contributed by atoms with Gasteiger partial charge in [-0.2, -0.15) is 0 Å². The van der Waals surface area contributed by atoms with Crippen molar-refractivity contribution in [1.29, 1.82) is 0 Å². The molecule has 21 heavy (non-hydrogen) atoms. The van der Waals surface area contributed by atoms with Crippen molar-refractivity contribution >= 4 is 17.3 Å². The van der Waals surface area contributed by atoms with Crippen LogP contribution in [0.4, 0.5) is 0 Å². The standard InChI is InChI=1S/C15H20N4OS/c1-11-8-17-14(21-11)10-19-15(16-2)18-9-12-4-6-13(20-3)7-5-12/h4-8H,9-10H2,1-3H3,(H2,16,18,19). The lowest BCUT2D eigenvalue weighted by Gasteiger charge is -2.11. The van der Waals surface area contributed by atoms with Gasteiger partial charge < -0.3 is 15.4 Å². The third-order valence-electron chi connectivity index (χ3n) is 2.92. The normalized spacial score (nSPS) is 11.3. The molecule has 0 aliphatic heterocycles. The van der Waals surface area contributed by atoms with E-state index in [2.05, 4.69) is 27.5 Å². The largest absolute Gasteiger partial charge is 0.497 e. The Morgan fingerprint density at radius 3 is 2.52 bits per heavy atom. The second kappa shape index (κ2) is 7.64. The number of hydrogen-bond donors (Lipinski definition) is 2. The topological polar surface area (TPSA) is 58.5 Å². The molecule has 2 rings (SSSR count). The van der Waals surface area contributed by atoms with Gasteiger partial charge in [0.25, 0.3) is 0 Å². The summed E-state index contributed by atoms with van der Waals surface area (Å²) in [6.07, 6.45) is 1.88. The zero-order chi connectivity index (χ0) is 15.1. The van der Waals surface area contributed by atoms with Crippen LogP contribution in [0.1, 0.15) is 15.4 Å². The van der Waals surface area contributed by atoms with E-state index in [0.717, 1.165) is 16.7 Å². The van der Waals surface area contributed by atoms with E-state index in [1.807, 2.05) is 30.5 Å². The summed E-state index contributed by atoms with van der Waals surface area (Å²) in [7, 11) is 3.43. The van der Waals surface area contributed by atoms with Crippen molar-refractivity contribution in [3.05, 3.63) is 45.9 Å². The van der Waals surface area contributed by atoms with E-state index < -0.39 is 0 Å². The fourth-order valence-electron chi connectivity index (χ4n) is 1.79. The number of guanidine groups is 1. The second-order valence-electron chi connectivity index (χ2n) is 4.49. The van der Waals surface area contributed by atoms with Gasteiger partial charge in [0.2, 0.25) is 0 Å². The molecule has 1 heterocycles. The minimum Gasteiger partial charge on any atom is -0.497 e. The minimum atomic E-state index is 0.681. The molecule has 6 heteroatoms. The molecular weight excluding hydrogens is 284 g/mol. The lowest BCUT2D eigenvalue weighted by Crippen LogP contribution is -2.36. The molecule has 0 aliphatic carbocycles. The maximum Gasteiger partial charge on any atom is 0.191 e. The fourth-order valence-corrected chi connectivity index (χ4v) is 2.52. The summed E-state index contributed by atoms with van der Waals surface area (Å²) in [6, 6.07) is 7.96. The summed E-state index contributed by atoms with van der Waals surface area (Å²) in [6.45, 7) is 3.44. The Hall–Kier alpha value is -2.08. The van der Waals surface area contributed by atoms with Gasteiger partial charge >= 0.3 is 0 Å². The number of aromatic nitrogens is 1. The number of hydrogen-bond acceptors (Lipinski definition) is 4. The molecule has 0 saturated carbocycles. The van der Waals surface area contributed by atoms with Gasteiger partial charge in [0.1, 0.15) is 10.8 Å². The summed E-state index contributed by atoms with van der Waals surface area (Å²) in [4.78, 5) is 9.74. The van der Waals surface area contributed by atoms with Crippen molar-refractivity contribution in [3.63, 3.8) is 0 Å². The Kier molecular flexibility index (Phi) is 5.57. The Balaban J connectivity index is 1.81. The number of aliphatic imine (C=N–C) groups is 1. The van der Waals surface area contributed by atoms with E-state index in [0.29, 0.717) is 13.1 Å². The smallest absolute Gasteiger partial charge is 0.191 e. The number of benzene rings is 1. The highest BCUT2D eigenvalue weighted by Crippen LogP contribution is 2.11. The van der Waals surface area contributed by atoms with Crippen molar-refractivity contribution in [1.82, 2.24) is 15.6 Å². The van der Waals surface area contributed by atoms with Crippen molar-refractivity contribution in [3.8, 4) is 5.75 Å². The summed E-state index contributed by atoms with van der Waals surface area (Å²) < 4.78 is 5.14. The number of thiazole rings is 1. The first kappa shape index (κ1) is 15.3. The SMILES string of the molecule is CN=C(NCc1ccc(OC)cc1)NCc1ncc(C)s1. The van der Waals surface area contributed by atoms with Crippen molar-refractivity contribution in [2.24, 2.45) is 4.99 Å². The third kappa shape index (κ3) is 4.75. The van der Waals surface area contributed by atoms with Crippen LogP contribution in [0.15, 0.2) is 35.5 Å². The van der Waals surface area contributed by atoms with Gasteiger partial charge in [-0.3, -0.25) is 4.99 Å². The van der Waals surface area contributed by atoms with E-state index in [9.17, 15) is 0 Å². The van der Waals surface area contributed by atoms with Gasteiger partial charge in [0, 0.05) is 24.7 Å². The highest BCUT2D eigenvalue weighted by Gasteiger charge is 2.02. The monoisotopic (exact) mass is 304 g/mol. The van der Waals surface area contributed by atoms with Crippen LogP contribution in [-0.4, -0.2) is 25.1 Å². The number of ether oxygens (including phenoxy) is 1. The number of methoxy groups -OCH3 is 1. The lowest BCUT2D eigenvalue weighted by atomic mass is 10.2. The molecule has 112 valence electrons. The van der Waals surface area contributed by atoms with E-state index in [-0.39, 0.29) is 0 Å². The van der Waals surface area contributed by atoms with Gasteiger partial charge in [-0.15, -0.1) is 11.3 Å². The maximum absolute atomic E-state index is 5.14. The van der Waals surface area contributed by atoms with Gasteiger partial charge in [-0.1, -0.05) is 12.1 Å². The van der Waals surface area contributed by atoms with Crippen LogP contribution in [0.5, 0.6) is 5.75 Å². The van der Waals surface area contributed by atoms with E-state index in [1.165, 1.54) is 10.4 Å². The zero-order valence-corrected chi connectivity index (χ0v) is 13.3. The molecule has 0 radical (unpaired) electrons. The van der Waals surface area contributed by atoms with Gasteiger partial charge in [-0.05, 0) is 24.6 Å². The fraction of sp³-hybridized carbons (Fsp3) is 0.333. The number of aryl methyl sites for hydroxylation is 1. The first-order valence-corrected chi connectivity index (χ1v) is 7.51. The van der Waals surface area contributed by atoms with Gasteiger partial charge in [0.05, 0.1) is 13.7 Å². The first-order chi connectivity index (χ1) is 10.2. The number of rotatable bonds is 5. The van der Waals surface area contributed by atoms with Gasteiger partial charge in [-0.25, -0.2) is 4.98 Å². The Bertz CT molecular complexity index is 592. The average molecular weight is 304 g/mol. The zero-order valence-electron chi connectivity index (χ0n) is 12.5. The van der Waals surface area contributed by atoms with Crippen molar-refractivity contribution in [2.75, 3.05) is 14.2 Å². The van der Waals surface area contributed by atoms with E-state index in [4.69, 9.17) is 4.74 Å². The van der Waals surface area contributed by atoms with Crippen LogP contribution >= 0.6 is 11.3 Å². The van der Waals surface area contributed by atoms with Gasteiger partial charge in [0.15, 0.2) is 5.96 Å². The van der Waals surface area contributed by atoms with Crippen molar-refractivity contribution < 1.29 is 4.74 Å². The summed E-state index contributed by atoms with van der Waals surface area (Å²) in [5, 5.41) is 7.58. The maximum atomic E-state index is 5.14. The predicted octanol–water partition coefficient (Wildman–Crippen LogP) is 2.33. The second-order valence-corrected chi connectivity index (χ2v) is 5.81. The average Bonchev–Trinajstić information content (AvgIpc) is 2.93. The Morgan fingerprint density at radius 1 is 1.24 bits per heavy atom. The van der Waals surface area contributed by atoms with E-state index >= 15 is 0 Å². The van der Waals surface area contributed by atoms with Crippen molar-refractivity contribution in [2.45, 2.75) is 20.0 Å². The molecular formula is C15H20N4OS. The Labute approximate surface area is 129 Å². The molecule has 0 bridgehead atoms. The molecule has 0 aliphatic rings. The molecule has 0 fully saturated rings. The lowest BCUT2D eigenvalue weighted by molar-refractivity contribution is 0.414. The molecule has 5 nitrogen and oxygen atoms in total. The molecule has 2 N–H and O–H groups in total. The summed E-state index contributed by atoms with van der Waals surface area (Å²) in [5.74, 6) is 1.62. The molecule has 0 saturated heterocycles. The molecule has 2 aromatic rings. The molecule has 0 spiro atoms. The molecule has 1 aromatic carbocycles. The van der Waals surface area contributed by atoms with Crippen LogP contribution in [0.3, 0.4) is 0 Å². The molecule has 0 amide bonds. The first-order valence-electron chi connectivity index (χ1n) is 6.70. The summed E-state index contributed by atoms with van der Waals surface area (Å²) >= 11 is 1.69. The quantitative estimate of drug-likeness (QED) is 0.657. The van der Waals surface area contributed by atoms with Crippen LogP contribution in [0.25, 0.3) is 0 Å². The van der Waals surface area contributed by atoms with Crippen LogP contribution in [0, 0.1) is 6.92 Å².